The predicted molar refractivity (Wildman–Crippen MR) is 372 cm³/mol. The third-order valence-electron chi connectivity index (χ3n) is 17.2. The molecule has 13 aromatic carbocycles. The molecule has 13 aromatic rings. The largest absolute Gasteiger partial charge is 0.310 e. The number of nitrogens with zero attached hydrogens (tertiary/aromatic N) is 3. The first kappa shape index (κ1) is 55.4. The Morgan fingerprint density at radius 3 is 0.425 bits per heavy atom. The van der Waals surface area contributed by atoms with Crippen molar-refractivity contribution >= 4 is 51.2 Å². The van der Waals surface area contributed by atoms with E-state index in [-0.39, 0.29) is 0 Å². The maximum absolute atomic E-state index is 2.43. The second kappa shape index (κ2) is 24.5. The van der Waals surface area contributed by atoms with Gasteiger partial charge in [-0.1, -0.05) is 218 Å². The van der Waals surface area contributed by atoms with Crippen molar-refractivity contribution in [1.29, 1.82) is 0 Å². The minimum absolute atomic E-state index is 0.992. The third-order valence-corrected chi connectivity index (χ3v) is 17.2. The number of benzene rings is 13. The summed E-state index contributed by atoms with van der Waals surface area (Å²) in [5.41, 5.74) is 31.0. The Hall–Kier alpha value is -10.7. The molecule has 0 aromatic heterocycles. The van der Waals surface area contributed by atoms with Crippen molar-refractivity contribution in [2.24, 2.45) is 0 Å². The van der Waals surface area contributed by atoms with Gasteiger partial charge >= 0.3 is 0 Å². The van der Waals surface area contributed by atoms with Crippen molar-refractivity contribution in [2.75, 3.05) is 14.7 Å². The summed E-state index contributed by atoms with van der Waals surface area (Å²) in [4.78, 5) is 7.28. The molecule has 0 unspecified atom stereocenters. The Bertz CT molecular complexity index is 3790. The van der Waals surface area contributed by atoms with E-state index in [4.69, 9.17) is 0 Å². The van der Waals surface area contributed by atoms with Gasteiger partial charge in [-0.3, -0.25) is 0 Å². The van der Waals surface area contributed by atoms with Crippen molar-refractivity contribution in [3.05, 3.63) is 343 Å². The van der Waals surface area contributed by atoms with Crippen LogP contribution < -0.4 is 14.7 Å². The van der Waals surface area contributed by atoms with Crippen LogP contribution >= 0.6 is 0 Å². The Balaban J connectivity index is 1.06. The normalized spacial score (nSPS) is 11.1. The molecule has 0 spiro atoms. The highest BCUT2D eigenvalue weighted by atomic mass is 15.2. The second-order valence-electron chi connectivity index (χ2n) is 22.9. The molecule has 0 saturated carbocycles. The van der Waals surface area contributed by atoms with Gasteiger partial charge in [0.25, 0.3) is 0 Å². The lowest BCUT2D eigenvalue weighted by atomic mass is 9.98. The van der Waals surface area contributed by atoms with Crippen molar-refractivity contribution in [1.82, 2.24) is 0 Å². The lowest BCUT2D eigenvalue weighted by Crippen LogP contribution is -2.16. The average Bonchev–Trinajstić information content (AvgIpc) is 1.46. The van der Waals surface area contributed by atoms with Crippen LogP contribution in [0.3, 0.4) is 0 Å². The SMILES string of the molecule is Cc1ccccc1-c1ccc(N(c2ccc(-c3ccccc3C)cc2)c2cc(N(c3ccc(-c4ccccc4C)cc3)c3ccc(-c4ccccc4C)cc3)cc(N(c3ccc(-c4ccccc4C)cc3)c3ccc(-c4ccccc4C)cc3)c2)cc1. The van der Waals surface area contributed by atoms with Crippen LogP contribution in [0.25, 0.3) is 66.8 Å². The predicted octanol–water partition coefficient (Wildman–Crippen LogP) is 23.9. The molecular weight excluding hydrogens is 1050 g/mol. The van der Waals surface area contributed by atoms with Crippen LogP contribution in [0, 0.1) is 41.5 Å². The highest BCUT2D eigenvalue weighted by Crippen LogP contribution is 2.48. The first-order valence-electron chi connectivity index (χ1n) is 30.1. The maximum atomic E-state index is 2.43. The Kier molecular flexibility index (Phi) is 15.6. The van der Waals surface area contributed by atoms with Crippen molar-refractivity contribution in [3.63, 3.8) is 0 Å². The summed E-state index contributed by atoms with van der Waals surface area (Å²) in [6.45, 7) is 13.1. The molecule has 420 valence electrons. The quantitative estimate of drug-likeness (QED) is 0.101. The van der Waals surface area contributed by atoms with E-state index in [1.165, 1.54) is 100 Å². The fourth-order valence-corrected chi connectivity index (χ4v) is 12.4. The van der Waals surface area contributed by atoms with Gasteiger partial charge in [0.15, 0.2) is 0 Å². The molecule has 0 aliphatic heterocycles. The van der Waals surface area contributed by atoms with E-state index in [2.05, 4.69) is 366 Å². The number of anilines is 9. The first-order valence-corrected chi connectivity index (χ1v) is 30.1. The van der Waals surface area contributed by atoms with Gasteiger partial charge in [0.1, 0.15) is 0 Å². The van der Waals surface area contributed by atoms with E-state index in [9.17, 15) is 0 Å². The van der Waals surface area contributed by atoms with Gasteiger partial charge in [-0.2, -0.15) is 0 Å². The number of rotatable bonds is 15. The van der Waals surface area contributed by atoms with Gasteiger partial charge in [-0.15, -0.1) is 0 Å². The van der Waals surface area contributed by atoms with Crippen LogP contribution in [0.4, 0.5) is 51.2 Å². The zero-order valence-corrected chi connectivity index (χ0v) is 50.3. The van der Waals surface area contributed by atoms with Crippen molar-refractivity contribution in [2.45, 2.75) is 41.5 Å². The molecule has 0 atom stereocenters. The molecule has 0 heterocycles. The van der Waals surface area contributed by atoms with E-state index >= 15 is 0 Å². The topological polar surface area (TPSA) is 9.72 Å². The zero-order chi connectivity index (χ0) is 59.4. The zero-order valence-electron chi connectivity index (χ0n) is 50.3. The molecule has 0 N–H and O–H groups in total. The van der Waals surface area contributed by atoms with E-state index in [1.807, 2.05) is 0 Å². The maximum Gasteiger partial charge on any atom is 0.0503 e. The fourth-order valence-electron chi connectivity index (χ4n) is 12.4. The van der Waals surface area contributed by atoms with Gasteiger partial charge in [-0.05, 0) is 233 Å². The summed E-state index contributed by atoms with van der Waals surface area (Å²) in [7, 11) is 0. The lowest BCUT2D eigenvalue weighted by Gasteiger charge is -2.33. The molecule has 3 heteroatoms. The molecule has 0 fully saturated rings. The summed E-state index contributed by atoms with van der Waals surface area (Å²) in [6, 6.07) is 114. The minimum Gasteiger partial charge on any atom is -0.310 e. The lowest BCUT2D eigenvalue weighted by molar-refractivity contribution is 1.22. The molecule has 0 bridgehead atoms. The number of hydrogen-bond acceptors (Lipinski definition) is 3. The smallest absolute Gasteiger partial charge is 0.0503 e. The van der Waals surface area contributed by atoms with Crippen LogP contribution in [0.1, 0.15) is 33.4 Å². The van der Waals surface area contributed by atoms with Crippen molar-refractivity contribution < 1.29 is 0 Å². The standard InChI is InChI=1S/C84H69N3/c1-58-19-7-13-25-79(58)64-31-43-70(44-32-64)85(71-45-33-65(34-46-71)80-26-14-8-20-59(80)2)76-55-77(86(72-47-35-66(36-48-72)81-27-15-9-21-60(81)3)73-49-37-67(38-50-73)82-28-16-10-22-61(82)4)57-78(56-76)87(74-51-39-68(40-52-74)83-29-17-11-23-62(83)5)75-53-41-69(42-54-75)84-30-18-12-24-63(84)6/h7-57H,1-6H3. The molecule has 0 saturated heterocycles. The van der Waals surface area contributed by atoms with Gasteiger partial charge in [0.2, 0.25) is 0 Å². The summed E-state index contributed by atoms with van der Waals surface area (Å²) < 4.78 is 0. The van der Waals surface area contributed by atoms with E-state index in [1.54, 1.807) is 0 Å². The van der Waals surface area contributed by atoms with Crippen LogP contribution in [0.15, 0.2) is 309 Å². The molecular formula is C84H69N3. The van der Waals surface area contributed by atoms with Gasteiger partial charge in [0.05, 0.1) is 17.1 Å². The average molecular weight is 1120 g/mol. The van der Waals surface area contributed by atoms with Gasteiger partial charge < -0.3 is 14.7 Å². The molecule has 87 heavy (non-hydrogen) atoms. The van der Waals surface area contributed by atoms with Crippen LogP contribution in [0.2, 0.25) is 0 Å². The highest BCUT2D eigenvalue weighted by Gasteiger charge is 2.24. The van der Waals surface area contributed by atoms with Crippen molar-refractivity contribution in [3.8, 4) is 66.8 Å². The summed E-state index contributed by atoms with van der Waals surface area (Å²) in [5.74, 6) is 0. The molecule has 13 rings (SSSR count). The number of aryl methyl sites for hydroxylation is 6. The van der Waals surface area contributed by atoms with E-state index in [0.717, 1.165) is 51.2 Å². The summed E-state index contributed by atoms with van der Waals surface area (Å²) in [6.07, 6.45) is 0. The third kappa shape index (κ3) is 11.5. The van der Waals surface area contributed by atoms with Crippen LogP contribution in [0.5, 0.6) is 0 Å². The fraction of sp³-hybridized carbons (Fsp3) is 0.0714. The molecule has 3 nitrogen and oxygen atoms in total. The Morgan fingerprint density at radius 2 is 0.287 bits per heavy atom. The van der Waals surface area contributed by atoms with E-state index in [0.29, 0.717) is 0 Å². The van der Waals surface area contributed by atoms with Gasteiger partial charge in [-0.25, -0.2) is 0 Å². The summed E-state index contributed by atoms with van der Waals surface area (Å²) in [5, 5.41) is 0. The molecule has 0 radical (unpaired) electrons. The molecule has 0 aliphatic rings. The van der Waals surface area contributed by atoms with Crippen LogP contribution in [-0.4, -0.2) is 0 Å². The second-order valence-corrected chi connectivity index (χ2v) is 22.9. The Labute approximate surface area is 514 Å². The highest BCUT2D eigenvalue weighted by molar-refractivity contribution is 5.92. The molecule has 0 aliphatic carbocycles. The minimum atomic E-state index is 0.992. The van der Waals surface area contributed by atoms with Gasteiger partial charge in [0, 0.05) is 34.1 Å². The first-order chi connectivity index (χ1) is 42.6. The molecule has 0 amide bonds. The van der Waals surface area contributed by atoms with Crippen LogP contribution in [-0.2, 0) is 0 Å². The number of hydrogen-bond donors (Lipinski definition) is 0. The summed E-state index contributed by atoms with van der Waals surface area (Å²) >= 11 is 0. The van der Waals surface area contributed by atoms with E-state index < -0.39 is 0 Å². The monoisotopic (exact) mass is 1120 g/mol. The Morgan fingerprint density at radius 1 is 0.149 bits per heavy atom.